The van der Waals surface area contributed by atoms with Gasteiger partial charge in [-0.25, -0.2) is 12.8 Å². The van der Waals surface area contributed by atoms with E-state index in [-0.39, 0.29) is 11.3 Å². The molecule has 3 rings (SSSR count). The van der Waals surface area contributed by atoms with Gasteiger partial charge < -0.3 is 4.90 Å². The van der Waals surface area contributed by atoms with Crippen molar-refractivity contribution in [3.63, 3.8) is 0 Å². The van der Waals surface area contributed by atoms with E-state index in [2.05, 4.69) is 0 Å². The fourth-order valence-corrected chi connectivity index (χ4v) is 5.14. The zero-order valence-corrected chi connectivity index (χ0v) is 15.3. The van der Waals surface area contributed by atoms with Crippen molar-refractivity contribution >= 4 is 15.9 Å². The number of piperidine rings is 1. The number of sulfonamides is 1. The van der Waals surface area contributed by atoms with Crippen LogP contribution in [0, 0.1) is 0 Å². The summed E-state index contributed by atoms with van der Waals surface area (Å²) in [6, 6.07) is 1.85. The Hall–Kier alpha value is -1.68. The second-order valence-electron chi connectivity index (χ2n) is 6.83. The molecular formula is C17H20F4N2O3S. The van der Waals surface area contributed by atoms with Crippen molar-refractivity contribution in [3.05, 3.63) is 29.8 Å². The molecule has 0 saturated carbocycles. The van der Waals surface area contributed by atoms with E-state index in [1.807, 2.05) is 0 Å². The summed E-state index contributed by atoms with van der Waals surface area (Å²) in [6.07, 6.45) is -3.73. The van der Waals surface area contributed by atoms with Crippen LogP contribution in [0.15, 0.2) is 29.2 Å². The molecule has 2 aliphatic heterocycles. The molecule has 0 radical (unpaired) electrons. The lowest BCUT2D eigenvalue weighted by Crippen LogP contribution is -2.49. The van der Waals surface area contributed by atoms with E-state index >= 15 is 0 Å². The molecule has 10 heteroatoms. The van der Waals surface area contributed by atoms with E-state index in [1.165, 1.54) is 0 Å². The van der Waals surface area contributed by atoms with Gasteiger partial charge in [0.25, 0.3) is 0 Å². The molecule has 1 aromatic carbocycles. The Kier molecular flexibility index (Phi) is 5.49. The van der Waals surface area contributed by atoms with Crippen molar-refractivity contribution in [3.8, 4) is 0 Å². The number of hydrogen-bond acceptors (Lipinski definition) is 3. The minimum atomic E-state index is -4.59. The number of carbonyl (C=O) groups is 1. The number of amides is 1. The number of benzene rings is 1. The molecule has 27 heavy (non-hydrogen) atoms. The lowest BCUT2D eigenvalue weighted by molar-refractivity contribution is -0.137. The fourth-order valence-electron chi connectivity index (χ4n) is 3.52. The normalized spacial score (nSPS) is 25.0. The van der Waals surface area contributed by atoms with Gasteiger partial charge in [0.1, 0.15) is 12.2 Å². The largest absolute Gasteiger partial charge is 0.416 e. The number of alkyl halides is 4. The van der Waals surface area contributed by atoms with E-state index in [1.54, 1.807) is 4.90 Å². The van der Waals surface area contributed by atoms with Crippen LogP contribution < -0.4 is 0 Å². The Morgan fingerprint density at radius 1 is 1.04 bits per heavy atom. The molecule has 2 heterocycles. The summed E-state index contributed by atoms with van der Waals surface area (Å²) in [5, 5.41) is 0. The van der Waals surface area contributed by atoms with Crippen molar-refractivity contribution in [2.24, 2.45) is 0 Å². The number of nitrogens with zero attached hydrogens (tertiary/aromatic N) is 2. The SMILES string of the molecule is O=C([C@@H]1C[C@H](F)CN1S(=O)(=O)c1ccc(C(F)(F)F)cc1)N1CCCCC1. The molecule has 0 N–H and O–H groups in total. The Bertz CT molecular complexity index is 789. The van der Waals surface area contributed by atoms with Crippen molar-refractivity contribution < 1.29 is 30.8 Å². The molecule has 5 nitrogen and oxygen atoms in total. The molecule has 2 atom stereocenters. The molecule has 150 valence electrons. The predicted molar refractivity (Wildman–Crippen MR) is 89.1 cm³/mol. The summed E-state index contributed by atoms with van der Waals surface area (Å²) in [5.74, 6) is -0.440. The smallest absolute Gasteiger partial charge is 0.341 e. The molecule has 1 aromatic rings. The minimum absolute atomic E-state index is 0.241. The van der Waals surface area contributed by atoms with Crippen LogP contribution in [0.3, 0.4) is 0 Å². The third kappa shape index (κ3) is 4.11. The number of carbonyl (C=O) groups excluding carboxylic acids is 1. The van der Waals surface area contributed by atoms with Crippen molar-refractivity contribution in [2.45, 2.75) is 49.0 Å². The van der Waals surface area contributed by atoms with Crippen LogP contribution in [0.5, 0.6) is 0 Å². The van der Waals surface area contributed by atoms with Crippen molar-refractivity contribution in [1.82, 2.24) is 9.21 Å². The summed E-state index contributed by atoms with van der Waals surface area (Å²) < 4.78 is 78.5. The van der Waals surface area contributed by atoms with Crippen LogP contribution in [-0.4, -0.2) is 55.4 Å². The highest BCUT2D eigenvalue weighted by Gasteiger charge is 2.45. The van der Waals surface area contributed by atoms with E-state index < -0.39 is 46.4 Å². The first kappa shape index (κ1) is 20.1. The van der Waals surface area contributed by atoms with Crippen LogP contribution in [0.2, 0.25) is 0 Å². The maximum atomic E-state index is 14.0. The minimum Gasteiger partial charge on any atom is -0.341 e. The lowest BCUT2D eigenvalue weighted by atomic mass is 10.1. The molecule has 2 fully saturated rings. The molecule has 2 saturated heterocycles. The van der Waals surface area contributed by atoms with Crippen LogP contribution >= 0.6 is 0 Å². The monoisotopic (exact) mass is 408 g/mol. The topological polar surface area (TPSA) is 57.7 Å². The van der Waals surface area contributed by atoms with E-state index in [4.69, 9.17) is 0 Å². The van der Waals surface area contributed by atoms with Gasteiger partial charge in [-0.2, -0.15) is 17.5 Å². The summed E-state index contributed by atoms with van der Waals surface area (Å²) in [5.41, 5.74) is -0.979. The highest BCUT2D eigenvalue weighted by atomic mass is 32.2. The standard InChI is InChI=1S/C17H20F4N2O3S/c18-13-10-15(16(24)22-8-2-1-3-9-22)23(11-13)27(25,26)14-6-4-12(5-7-14)17(19,20)21/h4-7,13,15H,1-3,8-11H2/t13-,15-/m0/s1. The van der Waals surface area contributed by atoms with Gasteiger partial charge in [-0.05, 0) is 43.5 Å². The molecule has 0 unspecified atom stereocenters. The zero-order chi connectivity index (χ0) is 19.8. The average molecular weight is 408 g/mol. The zero-order valence-electron chi connectivity index (χ0n) is 14.5. The Morgan fingerprint density at radius 2 is 1.63 bits per heavy atom. The van der Waals surface area contributed by atoms with Gasteiger partial charge in [-0.3, -0.25) is 4.79 Å². The number of halogens is 4. The summed E-state index contributed by atoms with van der Waals surface area (Å²) >= 11 is 0. The van der Waals surface area contributed by atoms with Gasteiger partial charge in [0.15, 0.2) is 0 Å². The number of hydrogen-bond donors (Lipinski definition) is 0. The Balaban J connectivity index is 1.86. The third-order valence-corrected chi connectivity index (χ3v) is 6.83. The first-order valence-corrected chi connectivity index (χ1v) is 10.2. The first-order chi connectivity index (χ1) is 12.6. The van der Waals surface area contributed by atoms with Gasteiger partial charge in [0.2, 0.25) is 15.9 Å². The van der Waals surface area contributed by atoms with Crippen LogP contribution in [-0.2, 0) is 21.0 Å². The second kappa shape index (κ2) is 7.38. The molecule has 0 aromatic heterocycles. The number of likely N-dealkylation sites (tertiary alicyclic amines) is 1. The average Bonchev–Trinajstić information content (AvgIpc) is 3.04. The van der Waals surface area contributed by atoms with Crippen LogP contribution in [0.4, 0.5) is 17.6 Å². The van der Waals surface area contributed by atoms with Gasteiger partial charge in [0, 0.05) is 26.1 Å². The summed E-state index contributed by atoms with van der Waals surface area (Å²) in [4.78, 5) is 13.9. The highest BCUT2D eigenvalue weighted by Crippen LogP contribution is 2.33. The van der Waals surface area contributed by atoms with E-state index in [9.17, 15) is 30.8 Å². The molecule has 2 aliphatic rings. The lowest BCUT2D eigenvalue weighted by Gasteiger charge is -2.32. The molecule has 0 aliphatic carbocycles. The molecular weight excluding hydrogens is 388 g/mol. The quantitative estimate of drug-likeness (QED) is 0.723. The summed E-state index contributed by atoms with van der Waals surface area (Å²) in [7, 11) is -4.29. The Labute approximate surface area is 155 Å². The number of rotatable bonds is 3. The van der Waals surface area contributed by atoms with E-state index in [0.29, 0.717) is 25.2 Å². The van der Waals surface area contributed by atoms with Gasteiger partial charge in [-0.1, -0.05) is 0 Å². The maximum absolute atomic E-state index is 14.0. The highest BCUT2D eigenvalue weighted by molar-refractivity contribution is 7.89. The van der Waals surface area contributed by atoms with Gasteiger partial charge >= 0.3 is 6.18 Å². The molecule has 1 amide bonds. The van der Waals surface area contributed by atoms with Crippen LogP contribution in [0.25, 0.3) is 0 Å². The molecule has 0 bridgehead atoms. The predicted octanol–water partition coefficient (Wildman–Crippen LogP) is 2.82. The Morgan fingerprint density at radius 3 is 2.19 bits per heavy atom. The summed E-state index contributed by atoms with van der Waals surface area (Å²) in [6.45, 7) is 0.522. The maximum Gasteiger partial charge on any atom is 0.416 e. The second-order valence-corrected chi connectivity index (χ2v) is 8.72. The fraction of sp³-hybridized carbons (Fsp3) is 0.588. The first-order valence-electron chi connectivity index (χ1n) is 8.72. The van der Waals surface area contributed by atoms with E-state index in [0.717, 1.165) is 35.7 Å². The van der Waals surface area contributed by atoms with Gasteiger partial charge in [-0.15, -0.1) is 0 Å². The van der Waals surface area contributed by atoms with Gasteiger partial charge in [0.05, 0.1) is 10.5 Å². The van der Waals surface area contributed by atoms with Crippen molar-refractivity contribution in [2.75, 3.05) is 19.6 Å². The third-order valence-electron chi connectivity index (χ3n) is 4.95. The molecule has 0 spiro atoms. The van der Waals surface area contributed by atoms with Crippen molar-refractivity contribution in [1.29, 1.82) is 0 Å². The van der Waals surface area contributed by atoms with Crippen LogP contribution in [0.1, 0.15) is 31.2 Å².